The van der Waals surface area contributed by atoms with Crippen molar-refractivity contribution in [3.8, 4) is 0 Å². The van der Waals surface area contributed by atoms with Crippen molar-refractivity contribution in [2.24, 2.45) is 5.41 Å². The van der Waals surface area contributed by atoms with Gasteiger partial charge in [0, 0.05) is 18.2 Å². The van der Waals surface area contributed by atoms with Crippen molar-refractivity contribution in [2.45, 2.75) is 6.23 Å². The van der Waals surface area contributed by atoms with E-state index in [-0.39, 0.29) is 0 Å². The van der Waals surface area contributed by atoms with E-state index in [0.717, 1.165) is 18.2 Å². The highest BCUT2D eigenvalue weighted by Crippen LogP contribution is 2.20. The molecule has 11 nitrogen and oxygen atoms in total. The first-order valence-electron chi connectivity index (χ1n) is 6.41. The number of carbonyl (C=O) groups is 3. The topological polar surface area (TPSA) is 197 Å². The number of aliphatic hydroxyl groups is 4. The van der Waals surface area contributed by atoms with Gasteiger partial charge in [-0.05, 0) is 0 Å². The van der Waals surface area contributed by atoms with E-state index in [1.807, 2.05) is 0 Å². The van der Waals surface area contributed by atoms with Crippen LogP contribution in [0.1, 0.15) is 0 Å². The van der Waals surface area contributed by atoms with Crippen molar-refractivity contribution in [1.29, 1.82) is 0 Å². The molecule has 1 atom stereocenters. The van der Waals surface area contributed by atoms with Gasteiger partial charge in [0.1, 0.15) is 5.41 Å². The largest absolute Gasteiger partial charge is 0.478 e. The molecule has 0 radical (unpaired) electrons. The van der Waals surface area contributed by atoms with Crippen LogP contribution in [0.15, 0.2) is 38.0 Å². The molecule has 0 heterocycles. The summed E-state index contributed by atoms with van der Waals surface area (Å²) in [5.41, 5.74) is -1.50. The third-order valence-corrected chi connectivity index (χ3v) is 2.14. The van der Waals surface area contributed by atoms with E-state index in [9.17, 15) is 14.4 Å². The van der Waals surface area contributed by atoms with Gasteiger partial charge in [-0.1, -0.05) is 19.7 Å². The fourth-order valence-corrected chi connectivity index (χ4v) is 0.532. The summed E-state index contributed by atoms with van der Waals surface area (Å²) in [6.45, 7) is 13.4. The summed E-state index contributed by atoms with van der Waals surface area (Å²) in [5.74, 6) is -2.94. The average Bonchev–Trinajstić information content (AvgIpc) is 2.64. The molecule has 0 bridgehead atoms. The molecule has 0 aliphatic rings. The van der Waals surface area contributed by atoms with Crippen LogP contribution >= 0.6 is 0 Å². The third kappa shape index (κ3) is 21.0. The van der Waals surface area contributed by atoms with Crippen LogP contribution < -0.4 is 0 Å². The summed E-state index contributed by atoms with van der Waals surface area (Å²) in [6.07, 6.45) is 0.933. The predicted octanol–water partition coefficient (Wildman–Crippen LogP) is -1.04. The van der Waals surface area contributed by atoms with E-state index in [2.05, 4.69) is 24.6 Å². The summed E-state index contributed by atoms with van der Waals surface area (Å²) in [7, 11) is 0. The second-order valence-electron chi connectivity index (χ2n) is 3.97. The molecule has 148 valence electrons. The van der Waals surface area contributed by atoms with E-state index in [1.54, 1.807) is 0 Å². The molecule has 0 amide bonds. The molecule has 0 aromatic carbocycles. The first-order chi connectivity index (χ1) is 12.0. The molecule has 0 aromatic rings. The van der Waals surface area contributed by atoms with Gasteiger partial charge in [0.2, 0.25) is 0 Å². The minimum absolute atomic E-state index is 0.621. The standard InChI is InChI=1S/C6H11NO4.3C3H4O2/c1-7-5(11)6(2-8,3-9)4-10;3*1-2-3(4)5/h5,8-11H,2-4H2;3*2H,1H2,(H,4,5). The summed E-state index contributed by atoms with van der Waals surface area (Å²) in [4.78, 5) is 30.4. The van der Waals surface area contributed by atoms with Crippen LogP contribution in [0, 0.1) is 12.0 Å². The summed E-state index contributed by atoms with van der Waals surface area (Å²) in [6, 6.07) is 0. The summed E-state index contributed by atoms with van der Waals surface area (Å²) < 4.78 is 0. The molecular weight excluding hydrogens is 354 g/mol. The molecule has 7 N–H and O–H groups in total. The second-order valence-corrected chi connectivity index (χ2v) is 3.97. The van der Waals surface area contributed by atoms with Gasteiger partial charge in [-0.15, -0.1) is 0 Å². The molecular formula is C15H23NO10. The fraction of sp³-hybridized carbons (Fsp3) is 0.333. The Balaban J connectivity index is -0.000000136. The number of carboxylic acid groups (broad SMARTS) is 3. The van der Waals surface area contributed by atoms with E-state index in [0.29, 0.717) is 0 Å². The second kappa shape index (κ2) is 20.0. The highest BCUT2D eigenvalue weighted by molar-refractivity contribution is 5.79. The normalized spacial score (nSPS) is 9.65. The zero-order valence-corrected chi connectivity index (χ0v) is 13.9. The Bertz CT molecular complexity index is 440. The lowest BCUT2D eigenvalue weighted by Gasteiger charge is -2.24. The number of hydrogen-bond donors (Lipinski definition) is 7. The number of aliphatic hydroxyl groups excluding tert-OH is 4. The molecule has 0 aromatic heterocycles. The molecule has 0 saturated heterocycles. The van der Waals surface area contributed by atoms with Crippen molar-refractivity contribution in [1.82, 2.24) is 0 Å². The van der Waals surface area contributed by atoms with Crippen LogP contribution in [0.4, 0.5) is 0 Å². The maximum Gasteiger partial charge on any atom is 0.337 e. The SMILES string of the molecule is C=CC(=O)O.C=CC(=O)O.C=CC(=O)O.[C-]#[N+]C(O)C(CO)(CO)CO. The molecule has 11 heteroatoms. The highest BCUT2D eigenvalue weighted by Gasteiger charge is 2.41. The van der Waals surface area contributed by atoms with Crippen molar-refractivity contribution in [3.05, 3.63) is 49.4 Å². The van der Waals surface area contributed by atoms with Crippen molar-refractivity contribution < 1.29 is 50.1 Å². The lowest BCUT2D eigenvalue weighted by molar-refractivity contribution is -0.132. The van der Waals surface area contributed by atoms with E-state index < -0.39 is 49.4 Å². The Labute approximate surface area is 149 Å². The first-order valence-corrected chi connectivity index (χ1v) is 6.41. The molecule has 0 aliphatic carbocycles. The van der Waals surface area contributed by atoms with Crippen molar-refractivity contribution in [2.75, 3.05) is 19.8 Å². The van der Waals surface area contributed by atoms with Crippen LogP contribution in [-0.4, -0.2) is 79.7 Å². The molecule has 0 aliphatic heterocycles. The monoisotopic (exact) mass is 377 g/mol. The Kier molecular flexibility index (Phi) is 23.7. The zero-order chi connectivity index (χ0) is 21.8. The van der Waals surface area contributed by atoms with Crippen LogP contribution in [0.3, 0.4) is 0 Å². The Morgan fingerprint density at radius 3 is 1.08 bits per heavy atom. The van der Waals surface area contributed by atoms with E-state index in [1.165, 1.54) is 0 Å². The van der Waals surface area contributed by atoms with Gasteiger partial charge in [-0.2, -0.15) is 0 Å². The van der Waals surface area contributed by atoms with E-state index >= 15 is 0 Å². The Hall–Kier alpha value is -3.04. The Morgan fingerprint density at radius 1 is 0.846 bits per heavy atom. The number of hydrogen-bond acceptors (Lipinski definition) is 7. The lowest BCUT2D eigenvalue weighted by atomic mass is 9.89. The van der Waals surface area contributed by atoms with E-state index in [4.69, 9.17) is 42.3 Å². The van der Waals surface area contributed by atoms with Gasteiger partial charge in [-0.25, -0.2) is 21.0 Å². The van der Waals surface area contributed by atoms with Gasteiger partial charge in [0.05, 0.1) is 19.8 Å². The predicted molar refractivity (Wildman–Crippen MR) is 89.8 cm³/mol. The number of nitrogens with zero attached hydrogens (tertiary/aromatic N) is 1. The average molecular weight is 377 g/mol. The number of rotatable bonds is 7. The smallest absolute Gasteiger partial charge is 0.337 e. The quantitative estimate of drug-likeness (QED) is 0.212. The number of aliphatic carboxylic acids is 3. The van der Waals surface area contributed by atoms with Crippen LogP contribution in [0.25, 0.3) is 4.85 Å². The molecule has 26 heavy (non-hydrogen) atoms. The Morgan fingerprint density at radius 2 is 1.04 bits per heavy atom. The van der Waals surface area contributed by atoms with Crippen molar-refractivity contribution in [3.63, 3.8) is 0 Å². The van der Waals surface area contributed by atoms with Gasteiger partial charge in [0.15, 0.2) is 0 Å². The molecule has 0 rings (SSSR count). The fourth-order valence-electron chi connectivity index (χ4n) is 0.532. The maximum atomic E-state index is 9.25. The third-order valence-electron chi connectivity index (χ3n) is 2.14. The van der Waals surface area contributed by atoms with Crippen LogP contribution in [-0.2, 0) is 14.4 Å². The minimum atomic E-state index is -1.57. The molecule has 0 fully saturated rings. The van der Waals surface area contributed by atoms with Gasteiger partial charge >= 0.3 is 24.1 Å². The molecule has 0 saturated carbocycles. The zero-order valence-electron chi connectivity index (χ0n) is 13.9. The maximum absolute atomic E-state index is 9.25. The van der Waals surface area contributed by atoms with Gasteiger partial charge in [-0.3, -0.25) is 4.85 Å². The first kappa shape index (κ1) is 30.8. The van der Waals surface area contributed by atoms with Crippen LogP contribution in [0.5, 0.6) is 0 Å². The lowest BCUT2D eigenvalue weighted by Crippen LogP contribution is -2.43. The molecule has 1 unspecified atom stereocenters. The number of carboxylic acids is 3. The van der Waals surface area contributed by atoms with Crippen molar-refractivity contribution >= 4 is 17.9 Å². The van der Waals surface area contributed by atoms with Gasteiger partial charge < -0.3 is 35.7 Å². The summed E-state index contributed by atoms with van der Waals surface area (Å²) in [5, 5.41) is 57.7. The summed E-state index contributed by atoms with van der Waals surface area (Å²) >= 11 is 0. The molecule has 0 spiro atoms. The van der Waals surface area contributed by atoms with Crippen LogP contribution in [0.2, 0.25) is 0 Å². The highest BCUT2D eigenvalue weighted by atomic mass is 16.4. The minimum Gasteiger partial charge on any atom is -0.478 e. The van der Waals surface area contributed by atoms with Gasteiger partial charge in [0.25, 0.3) is 0 Å².